The van der Waals surface area contributed by atoms with Gasteiger partial charge in [0.25, 0.3) is 0 Å². The Kier molecular flexibility index (Phi) is 8.10. The molecule has 0 saturated carbocycles. The predicted molar refractivity (Wildman–Crippen MR) is 252 cm³/mol. The smallest absolute Gasteiger partial charge is 0.164 e. The molecule has 0 spiro atoms. The van der Waals surface area contributed by atoms with E-state index in [1.54, 1.807) is 0 Å². The zero-order valence-corrected chi connectivity index (χ0v) is 32.9. The molecule has 3 aromatic heterocycles. The van der Waals surface area contributed by atoms with Crippen molar-refractivity contribution in [2.75, 3.05) is 0 Å². The van der Waals surface area contributed by atoms with Gasteiger partial charge < -0.3 is 4.57 Å². The highest BCUT2D eigenvalue weighted by Crippen LogP contribution is 2.44. The minimum absolute atomic E-state index is 0.621. The normalized spacial score (nSPS) is 11.6. The topological polar surface area (TPSA) is 56.5 Å². The molecular weight excluding hydrogens is 743 g/mol. The second-order valence-corrected chi connectivity index (χ2v) is 15.4. The Morgan fingerprint density at radius 1 is 0.295 bits per heavy atom. The maximum absolute atomic E-state index is 5.03. The molecule has 3 heterocycles. The van der Waals surface area contributed by atoms with Crippen molar-refractivity contribution in [3.8, 4) is 62.2 Å². The fourth-order valence-electron chi connectivity index (χ4n) is 9.02. The summed E-state index contributed by atoms with van der Waals surface area (Å²) in [6.45, 7) is 0. The van der Waals surface area contributed by atoms with Gasteiger partial charge in [0.2, 0.25) is 0 Å². The van der Waals surface area contributed by atoms with Gasteiger partial charge in [-0.05, 0) is 80.5 Å². The van der Waals surface area contributed by atoms with Crippen molar-refractivity contribution in [3.63, 3.8) is 0 Å². The van der Waals surface area contributed by atoms with Crippen LogP contribution in [0.25, 0.3) is 116 Å². The van der Waals surface area contributed by atoms with Gasteiger partial charge in [0, 0.05) is 50.3 Å². The first kappa shape index (κ1) is 34.7. The molecule has 9 aromatic carbocycles. The number of rotatable bonds is 6. The van der Waals surface area contributed by atoms with E-state index in [-0.39, 0.29) is 0 Å². The van der Waals surface area contributed by atoms with E-state index < -0.39 is 0 Å². The Morgan fingerprint density at radius 2 is 0.803 bits per heavy atom. The molecule has 0 bridgehead atoms. The third-order valence-electron chi connectivity index (χ3n) is 11.9. The molecule has 0 atom stereocenters. The summed E-state index contributed by atoms with van der Waals surface area (Å²) >= 11 is 0. The lowest BCUT2D eigenvalue weighted by Gasteiger charge is -2.14. The zero-order valence-electron chi connectivity index (χ0n) is 32.9. The van der Waals surface area contributed by atoms with Crippen molar-refractivity contribution in [2.45, 2.75) is 0 Å². The highest BCUT2D eigenvalue weighted by atomic mass is 15.0. The Morgan fingerprint density at radius 3 is 1.49 bits per heavy atom. The van der Waals surface area contributed by atoms with Gasteiger partial charge >= 0.3 is 0 Å². The van der Waals surface area contributed by atoms with Crippen LogP contribution < -0.4 is 0 Å². The molecule has 0 saturated heterocycles. The summed E-state index contributed by atoms with van der Waals surface area (Å²) in [5, 5.41) is 10.1. The molecule has 5 nitrogen and oxygen atoms in total. The van der Waals surface area contributed by atoms with E-state index in [4.69, 9.17) is 15.0 Å². The van der Waals surface area contributed by atoms with Gasteiger partial charge in [0.15, 0.2) is 17.5 Å². The Bertz CT molecular complexity index is 3580. The van der Waals surface area contributed by atoms with E-state index in [1.165, 1.54) is 54.1 Å². The molecule has 0 fully saturated rings. The Labute approximate surface area is 351 Å². The molecule has 61 heavy (non-hydrogen) atoms. The second kappa shape index (κ2) is 14.2. The highest BCUT2D eigenvalue weighted by Gasteiger charge is 2.19. The van der Waals surface area contributed by atoms with Crippen molar-refractivity contribution in [3.05, 3.63) is 212 Å². The lowest BCUT2D eigenvalue weighted by molar-refractivity contribution is 1.07. The van der Waals surface area contributed by atoms with Gasteiger partial charge in [-0.25, -0.2) is 15.0 Å². The summed E-state index contributed by atoms with van der Waals surface area (Å²) in [6, 6.07) is 72.8. The SMILES string of the molecule is c1ccc(-c2nc(-c3ccc(-c4ccc5c(c4)c4ccccc4c4c5ccc5c4c4ccccc4n5-c4ccccc4)cc3)nc(-c3ccc(-c4ccccn4)cc3)n2)cc1. The number of pyridine rings is 1. The first-order valence-corrected chi connectivity index (χ1v) is 20.6. The van der Waals surface area contributed by atoms with Crippen LogP contribution in [0.2, 0.25) is 0 Å². The minimum atomic E-state index is 0.621. The Balaban J connectivity index is 0.965. The van der Waals surface area contributed by atoms with Crippen LogP contribution in [-0.2, 0) is 0 Å². The van der Waals surface area contributed by atoms with Crippen LogP contribution in [0.1, 0.15) is 0 Å². The number of para-hydroxylation sites is 2. The van der Waals surface area contributed by atoms with Gasteiger partial charge in [-0.3, -0.25) is 4.98 Å². The highest BCUT2D eigenvalue weighted by molar-refractivity contribution is 6.35. The number of hydrogen-bond acceptors (Lipinski definition) is 4. The van der Waals surface area contributed by atoms with E-state index in [0.717, 1.165) is 44.8 Å². The first-order chi connectivity index (χ1) is 30.2. The summed E-state index contributed by atoms with van der Waals surface area (Å²) in [5.41, 5.74) is 10.6. The van der Waals surface area contributed by atoms with E-state index in [9.17, 15) is 0 Å². The standard InChI is InChI=1S/C56H35N5/c1-3-13-38(14-4-1)54-58-55(60-56(59-54)40-28-24-37(25-29-40)49-20-11-12-34-57-49)39-26-22-36(23-27-39)41-30-31-44-46-32-33-51-53(52(46)45-18-8-7-17-43(45)48(44)35-41)47-19-9-10-21-50(47)61(51)42-15-5-2-6-16-42/h1-35H. The molecule has 5 heteroatoms. The third kappa shape index (κ3) is 5.86. The van der Waals surface area contributed by atoms with E-state index in [0.29, 0.717) is 17.5 Å². The second-order valence-electron chi connectivity index (χ2n) is 15.4. The average Bonchev–Trinajstić information content (AvgIpc) is 3.69. The van der Waals surface area contributed by atoms with Crippen LogP contribution in [0.4, 0.5) is 0 Å². The van der Waals surface area contributed by atoms with E-state index in [1.807, 2.05) is 54.7 Å². The Hall–Kier alpha value is -8.28. The van der Waals surface area contributed by atoms with Crippen LogP contribution in [0.15, 0.2) is 212 Å². The number of nitrogens with zero attached hydrogens (tertiary/aromatic N) is 5. The summed E-state index contributed by atoms with van der Waals surface area (Å²) in [6.07, 6.45) is 1.81. The molecule has 12 rings (SSSR count). The maximum Gasteiger partial charge on any atom is 0.164 e. The lowest BCUT2D eigenvalue weighted by Crippen LogP contribution is -2.00. The summed E-state index contributed by atoms with van der Waals surface area (Å²) in [7, 11) is 0. The fraction of sp³-hybridized carbons (Fsp3) is 0. The number of benzene rings is 9. The zero-order chi connectivity index (χ0) is 40.3. The van der Waals surface area contributed by atoms with Crippen LogP contribution in [0, 0.1) is 0 Å². The lowest BCUT2D eigenvalue weighted by atomic mass is 9.90. The first-order valence-electron chi connectivity index (χ1n) is 20.6. The van der Waals surface area contributed by atoms with Crippen LogP contribution >= 0.6 is 0 Å². The molecule has 0 amide bonds. The summed E-state index contributed by atoms with van der Waals surface area (Å²) in [4.78, 5) is 19.5. The van der Waals surface area contributed by atoms with E-state index >= 15 is 0 Å². The molecule has 0 N–H and O–H groups in total. The molecule has 0 unspecified atom stereocenters. The molecule has 12 aromatic rings. The average molecular weight is 778 g/mol. The van der Waals surface area contributed by atoms with Gasteiger partial charge in [-0.15, -0.1) is 0 Å². The number of fused-ring (bicyclic) bond motifs is 10. The predicted octanol–water partition coefficient (Wildman–Crippen LogP) is 14.2. The molecular formula is C56H35N5. The quantitative estimate of drug-likeness (QED) is 0.158. The molecule has 0 aliphatic rings. The minimum Gasteiger partial charge on any atom is -0.309 e. The summed E-state index contributed by atoms with van der Waals surface area (Å²) in [5.74, 6) is 1.88. The molecule has 0 radical (unpaired) electrons. The van der Waals surface area contributed by atoms with E-state index in [2.05, 4.69) is 167 Å². The van der Waals surface area contributed by atoms with Gasteiger partial charge in [0.05, 0.1) is 16.7 Å². The fourth-order valence-corrected chi connectivity index (χ4v) is 9.02. The summed E-state index contributed by atoms with van der Waals surface area (Å²) < 4.78 is 2.40. The van der Waals surface area contributed by atoms with Crippen LogP contribution in [0.3, 0.4) is 0 Å². The number of hydrogen-bond donors (Lipinski definition) is 0. The molecule has 0 aliphatic heterocycles. The monoisotopic (exact) mass is 777 g/mol. The van der Waals surface area contributed by atoms with Gasteiger partial charge in [-0.2, -0.15) is 0 Å². The van der Waals surface area contributed by atoms with Crippen LogP contribution in [-0.4, -0.2) is 24.5 Å². The van der Waals surface area contributed by atoms with Gasteiger partial charge in [0.1, 0.15) is 0 Å². The van der Waals surface area contributed by atoms with Crippen LogP contribution in [0.5, 0.6) is 0 Å². The molecule has 0 aliphatic carbocycles. The van der Waals surface area contributed by atoms with Crippen molar-refractivity contribution in [1.82, 2.24) is 24.5 Å². The van der Waals surface area contributed by atoms with Crippen molar-refractivity contribution in [1.29, 1.82) is 0 Å². The largest absolute Gasteiger partial charge is 0.309 e. The maximum atomic E-state index is 5.03. The van der Waals surface area contributed by atoms with Crippen molar-refractivity contribution >= 4 is 54.1 Å². The van der Waals surface area contributed by atoms with Gasteiger partial charge in [-0.1, -0.05) is 164 Å². The number of aromatic nitrogens is 5. The van der Waals surface area contributed by atoms with Crippen molar-refractivity contribution < 1.29 is 0 Å². The molecule has 284 valence electrons. The van der Waals surface area contributed by atoms with Crippen molar-refractivity contribution in [2.24, 2.45) is 0 Å². The third-order valence-corrected chi connectivity index (χ3v) is 11.9.